The first kappa shape index (κ1) is 11.2. The van der Waals surface area contributed by atoms with Crippen LogP contribution in [0.1, 0.15) is 0 Å². The predicted molar refractivity (Wildman–Crippen MR) is 69.0 cm³/mol. The molecule has 0 amide bonds. The van der Waals surface area contributed by atoms with Gasteiger partial charge in [-0.05, 0) is 17.5 Å². The molecule has 92 valence electrons. The maximum absolute atomic E-state index is 12.0. The molecule has 0 aliphatic rings. The number of hydrogen-bond acceptors (Lipinski definition) is 5. The molecular weight excluding hydrogens is 272 g/mol. The van der Waals surface area contributed by atoms with Crippen LogP contribution < -0.4 is 4.72 Å². The number of nitrogens with zero attached hydrogens (tertiary/aromatic N) is 2. The van der Waals surface area contributed by atoms with Gasteiger partial charge in [-0.1, -0.05) is 6.07 Å². The highest BCUT2D eigenvalue weighted by molar-refractivity contribution is 7.94. The quantitative estimate of drug-likeness (QED) is 0.766. The number of rotatable bonds is 3. The van der Waals surface area contributed by atoms with Crippen LogP contribution in [0.5, 0.6) is 0 Å². The average molecular weight is 280 g/mol. The van der Waals surface area contributed by atoms with Gasteiger partial charge in [0.15, 0.2) is 5.65 Å². The molecule has 2 N–H and O–H groups in total. The Morgan fingerprint density at radius 2 is 2.22 bits per heavy atom. The van der Waals surface area contributed by atoms with E-state index in [-0.39, 0.29) is 4.21 Å². The van der Waals surface area contributed by atoms with Gasteiger partial charge in [0.25, 0.3) is 10.0 Å². The first-order valence-electron chi connectivity index (χ1n) is 5.01. The topological polar surface area (TPSA) is 87.7 Å². The van der Waals surface area contributed by atoms with E-state index in [0.717, 1.165) is 11.3 Å². The summed E-state index contributed by atoms with van der Waals surface area (Å²) in [6, 6.07) is 4.89. The summed E-state index contributed by atoms with van der Waals surface area (Å²) in [5.74, 6) is 0. The Labute approximate surface area is 107 Å². The molecule has 3 rings (SSSR count). The van der Waals surface area contributed by atoms with Gasteiger partial charge in [0.05, 0.1) is 23.7 Å². The fourth-order valence-electron chi connectivity index (χ4n) is 1.51. The van der Waals surface area contributed by atoms with Crippen molar-refractivity contribution in [2.24, 2.45) is 0 Å². The Morgan fingerprint density at radius 3 is 3.00 bits per heavy atom. The van der Waals surface area contributed by atoms with E-state index in [1.165, 1.54) is 12.5 Å². The minimum atomic E-state index is -3.53. The zero-order valence-corrected chi connectivity index (χ0v) is 10.6. The summed E-state index contributed by atoms with van der Waals surface area (Å²) < 4.78 is 26.7. The van der Waals surface area contributed by atoms with E-state index in [2.05, 4.69) is 19.7 Å². The number of sulfonamides is 1. The number of nitrogens with one attached hydrogen (secondary N) is 2. The summed E-state index contributed by atoms with van der Waals surface area (Å²) in [6.07, 6.45) is 2.95. The highest BCUT2D eigenvalue weighted by Gasteiger charge is 2.15. The summed E-state index contributed by atoms with van der Waals surface area (Å²) in [5.41, 5.74) is 1.63. The van der Waals surface area contributed by atoms with Crippen molar-refractivity contribution in [1.29, 1.82) is 0 Å². The van der Waals surface area contributed by atoms with E-state index < -0.39 is 10.0 Å². The predicted octanol–water partition coefficient (Wildman–Crippen LogP) is 1.82. The normalized spacial score (nSPS) is 11.8. The van der Waals surface area contributed by atoms with Gasteiger partial charge >= 0.3 is 0 Å². The number of aromatic amines is 1. The Balaban J connectivity index is 1.97. The highest BCUT2D eigenvalue weighted by atomic mass is 32.2. The van der Waals surface area contributed by atoms with Crippen molar-refractivity contribution in [3.05, 3.63) is 36.1 Å². The van der Waals surface area contributed by atoms with E-state index in [0.29, 0.717) is 16.9 Å². The number of aromatic nitrogens is 3. The lowest BCUT2D eigenvalue weighted by atomic mass is 10.4. The van der Waals surface area contributed by atoms with E-state index in [9.17, 15) is 8.42 Å². The zero-order chi connectivity index (χ0) is 12.6. The fraction of sp³-hybridized carbons (Fsp3) is 0. The number of fused-ring (bicyclic) bond motifs is 1. The molecule has 0 atom stereocenters. The Morgan fingerprint density at radius 1 is 1.33 bits per heavy atom. The molecule has 3 aromatic heterocycles. The smallest absolute Gasteiger partial charge is 0.271 e. The lowest BCUT2D eigenvalue weighted by molar-refractivity contribution is 0.603. The fourth-order valence-corrected chi connectivity index (χ4v) is 3.53. The summed E-state index contributed by atoms with van der Waals surface area (Å²) in [7, 11) is -3.53. The molecule has 0 bridgehead atoms. The van der Waals surface area contributed by atoms with E-state index in [4.69, 9.17) is 0 Å². The molecule has 0 aliphatic heterocycles. The number of hydrogen-bond donors (Lipinski definition) is 2. The average Bonchev–Trinajstić information content (AvgIpc) is 2.99. The largest absolute Gasteiger partial charge is 0.343 e. The molecule has 8 heteroatoms. The molecule has 0 radical (unpaired) electrons. The van der Waals surface area contributed by atoms with Gasteiger partial charge in [-0.3, -0.25) is 4.72 Å². The van der Waals surface area contributed by atoms with Gasteiger partial charge in [-0.25, -0.2) is 18.4 Å². The van der Waals surface area contributed by atoms with E-state index >= 15 is 0 Å². The van der Waals surface area contributed by atoms with Gasteiger partial charge in [0.1, 0.15) is 4.21 Å². The number of imidazole rings is 1. The monoisotopic (exact) mass is 280 g/mol. The number of anilines is 1. The van der Waals surface area contributed by atoms with Crippen LogP contribution in [0.25, 0.3) is 11.2 Å². The third-order valence-corrected chi connectivity index (χ3v) is 5.06. The van der Waals surface area contributed by atoms with Crippen molar-refractivity contribution >= 4 is 38.2 Å². The molecule has 18 heavy (non-hydrogen) atoms. The Bertz CT molecular complexity index is 777. The van der Waals surface area contributed by atoms with Crippen molar-refractivity contribution < 1.29 is 8.42 Å². The molecule has 0 spiro atoms. The zero-order valence-electron chi connectivity index (χ0n) is 8.99. The molecule has 0 aliphatic carbocycles. The second-order valence-electron chi connectivity index (χ2n) is 3.54. The summed E-state index contributed by atoms with van der Waals surface area (Å²) in [4.78, 5) is 10.9. The SMILES string of the molecule is O=S(=O)(Nc1cnc2nc[nH]c2c1)c1cccs1. The number of pyridine rings is 1. The minimum absolute atomic E-state index is 0.271. The van der Waals surface area contributed by atoms with Gasteiger partial charge in [-0.15, -0.1) is 11.3 Å². The third-order valence-electron chi connectivity index (χ3n) is 2.29. The van der Waals surface area contributed by atoms with Gasteiger partial charge < -0.3 is 4.98 Å². The van der Waals surface area contributed by atoms with Crippen LogP contribution in [0.4, 0.5) is 5.69 Å². The molecule has 0 saturated carbocycles. The molecular formula is C10H8N4O2S2. The molecule has 0 unspecified atom stereocenters. The van der Waals surface area contributed by atoms with Crippen molar-refractivity contribution in [2.75, 3.05) is 4.72 Å². The minimum Gasteiger partial charge on any atom is -0.343 e. The van der Waals surface area contributed by atoms with Crippen LogP contribution in [0.2, 0.25) is 0 Å². The van der Waals surface area contributed by atoms with Crippen LogP contribution in [0.15, 0.2) is 40.3 Å². The maximum Gasteiger partial charge on any atom is 0.271 e. The van der Waals surface area contributed by atoms with Gasteiger partial charge in [-0.2, -0.15) is 0 Å². The van der Waals surface area contributed by atoms with Crippen molar-refractivity contribution in [3.63, 3.8) is 0 Å². The van der Waals surface area contributed by atoms with Crippen LogP contribution in [0, 0.1) is 0 Å². The lowest BCUT2D eigenvalue weighted by Crippen LogP contribution is -2.11. The maximum atomic E-state index is 12.0. The highest BCUT2D eigenvalue weighted by Crippen LogP contribution is 2.21. The molecule has 0 fully saturated rings. The Hall–Kier alpha value is -1.93. The lowest BCUT2D eigenvalue weighted by Gasteiger charge is -2.05. The van der Waals surface area contributed by atoms with Crippen LogP contribution in [0.3, 0.4) is 0 Å². The first-order chi connectivity index (χ1) is 8.65. The number of thiophene rings is 1. The second-order valence-corrected chi connectivity index (χ2v) is 6.39. The van der Waals surface area contributed by atoms with Gasteiger partial charge in [0, 0.05) is 0 Å². The van der Waals surface area contributed by atoms with E-state index in [1.54, 1.807) is 23.6 Å². The first-order valence-corrected chi connectivity index (χ1v) is 7.37. The van der Waals surface area contributed by atoms with Gasteiger partial charge in [0.2, 0.25) is 0 Å². The van der Waals surface area contributed by atoms with Crippen LogP contribution >= 0.6 is 11.3 Å². The summed E-state index contributed by atoms with van der Waals surface area (Å²) in [5, 5.41) is 1.71. The molecule has 3 heterocycles. The van der Waals surface area contributed by atoms with Crippen molar-refractivity contribution in [1.82, 2.24) is 15.0 Å². The number of H-pyrrole nitrogens is 1. The van der Waals surface area contributed by atoms with Crippen molar-refractivity contribution in [2.45, 2.75) is 4.21 Å². The Kier molecular flexibility index (Phi) is 2.53. The van der Waals surface area contributed by atoms with Crippen LogP contribution in [-0.2, 0) is 10.0 Å². The molecule has 3 aromatic rings. The van der Waals surface area contributed by atoms with Crippen LogP contribution in [-0.4, -0.2) is 23.4 Å². The molecule has 0 saturated heterocycles. The summed E-state index contributed by atoms with van der Waals surface area (Å²) >= 11 is 1.16. The second kappa shape index (κ2) is 4.07. The third kappa shape index (κ3) is 1.95. The van der Waals surface area contributed by atoms with E-state index in [1.807, 2.05) is 0 Å². The molecule has 0 aromatic carbocycles. The summed E-state index contributed by atoms with van der Waals surface area (Å²) in [6.45, 7) is 0. The van der Waals surface area contributed by atoms with Crippen molar-refractivity contribution in [3.8, 4) is 0 Å². The molecule has 6 nitrogen and oxygen atoms in total. The standard InChI is InChI=1S/C10H8N4O2S2/c15-18(16,9-2-1-3-17-9)14-7-4-8-10(11-5-7)13-6-12-8/h1-6,14H,(H,11,12,13).